The van der Waals surface area contributed by atoms with Crippen LogP contribution in [0.3, 0.4) is 0 Å². The second-order valence-corrected chi connectivity index (χ2v) is 3.20. The summed E-state index contributed by atoms with van der Waals surface area (Å²) in [6.45, 7) is 0. The third-order valence-corrected chi connectivity index (χ3v) is 1.98. The van der Waals surface area contributed by atoms with Crippen LogP contribution < -0.4 is 0 Å². The van der Waals surface area contributed by atoms with Crippen molar-refractivity contribution in [2.45, 2.75) is 32.1 Å². The first-order valence-electron chi connectivity index (χ1n) is 4.63. The summed E-state index contributed by atoms with van der Waals surface area (Å²) in [6.07, 6.45) is 12.6. The van der Waals surface area contributed by atoms with Gasteiger partial charge in [0.25, 0.3) is 0 Å². The lowest BCUT2D eigenvalue weighted by Crippen LogP contribution is -1.76. The number of hydrogen-bond acceptors (Lipinski definition) is 2. The molecule has 0 amide bonds. The van der Waals surface area contributed by atoms with E-state index in [1.165, 1.54) is 19.3 Å². The molecule has 1 rings (SSSR count). The van der Waals surface area contributed by atoms with E-state index in [1.54, 1.807) is 7.11 Å². The highest BCUT2D eigenvalue weighted by molar-refractivity contribution is 5.56. The Bertz CT molecular complexity index is 159. The maximum Gasteiger partial charge on any atom is 0.106 e. The average Bonchev–Trinajstić information content (AvgIpc) is 2.87. The molecule has 0 radical (unpaired) electrons. The Morgan fingerprint density at radius 3 is 2.83 bits per heavy atom. The van der Waals surface area contributed by atoms with E-state index in [0.29, 0.717) is 0 Å². The maximum absolute atomic E-state index is 4.54. The molecule has 12 heavy (non-hydrogen) atoms. The standard InChI is InChI=1S/C10H17NO/c1-12-11-9-5-3-2-4-6-10-7-8-10/h2,4,9-10H,3,5-8H2,1H3. The van der Waals surface area contributed by atoms with E-state index in [-0.39, 0.29) is 0 Å². The molecule has 2 heteroatoms. The number of unbranched alkanes of at least 4 members (excludes halogenated alkanes) is 1. The van der Waals surface area contributed by atoms with Gasteiger partial charge in [0.2, 0.25) is 0 Å². The van der Waals surface area contributed by atoms with Crippen molar-refractivity contribution in [2.75, 3.05) is 7.11 Å². The Labute approximate surface area is 74.3 Å². The van der Waals surface area contributed by atoms with Crippen molar-refractivity contribution in [3.05, 3.63) is 12.2 Å². The van der Waals surface area contributed by atoms with E-state index in [9.17, 15) is 0 Å². The van der Waals surface area contributed by atoms with Crippen molar-refractivity contribution >= 4 is 6.21 Å². The molecule has 0 N–H and O–H groups in total. The summed E-state index contributed by atoms with van der Waals surface area (Å²) in [4.78, 5) is 4.54. The van der Waals surface area contributed by atoms with E-state index in [1.807, 2.05) is 6.21 Å². The van der Waals surface area contributed by atoms with Gasteiger partial charge in [-0.05, 0) is 38.0 Å². The first-order valence-corrected chi connectivity index (χ1v) is 4.63. The lowest BCUT2D eigenvalue weighted by molar-refractivity contribution is 0.214. The summed E-state index contributed by atoms with van der Waals surface area (Å²) in [7, 11) is 1.57. The van der Waals surface area contributed by atoms with Gasteiger partial charge in [-0.1, -0.05) is 17.3 Å². The van der Waals surface area contributed by atoms with Crippen molar-refractivity contribution < 1.29 is 4.84 Å². The minimum absolute atomic E-state index is 0.981. The third kappa shape index (κ3) is 4.94. The van der Waals surface area contributed by atoms with E-state index in [0.717, 1.165) is 18.8 Å². The van der Waals surface area contributed by atoms with Crippen LogP contribution in [0.2, 0.25) is 0 Å². The second kappa shape index (κ2) is 5.81. The first-order chi connectivity index (χ1) is 5.93. The molecule has 0 aliphatic heterocycles. The van der Waals surface area contributed by atoms with Gasteiger partial charge in [0.1, 0.15) is 7.11 Å². The van der Waals surface area contributed by atoms with Crippen LogP contribution in [0.5, 0.6) is 0 Å². The molecule has 0 aromatic carbocycles. The predicted molar refractivity (Wildman–Crippen MR) is 51.2 cm³/mol. The fourth-order valence-electron chi connectivity index (χ4n) is 1.06. The van der Waals surface area contributed by atoms with E-state index in [2.05, 4.69) is 22.1 Å². The Kier molecular flexibility index (Phi) is 4.50. The Hall–Kier alpha value is -0.790. The van der Waals surface area contributed by atoms with E-state index >= 15 is 0 Å². The molecule has 0 saturated heterocycles. The van der Waals surface area contributed by atoms with Gasteiger partial charge < -0.3 is 4.84 Å². The Balaban J connectivity index is 1.86. The van der Waals surface area contributed by atoms with Crippen LogP contribution in [0, 0.1) is 5.92 Å². The molecule has 0 bridgehead atoms. The van der Waals surface area contributed by atoms with Crippen LogP contribution in [-0.2, 0) is 4.84 Å². The van der Waals surface area contributed by atoms with Crippen molar-refractivity contribution in [1.29, 1.82) is 0 Å². The molecule has 0 heterocycles. The van der Waals surface area contributed by atoms with Gasteiger partial charge in [0, 0.05) is 6.21 Å². The van der Waals surface area contributed by atoms with Crippen molar-refractivity contribution in [2.24, 2.45) is 11.1 Å². The minimum atomic E-state index is 0.981. The van der Waals surface area contributed by atoms with Crippen molar-refractivity contribution in [3.8, 4) is 0 Å². The normalized spacial score (nSPS) is 17.8. The highest BCUT2D eigenvalue weighted by Crippen LogP contribution is 2.32. The van der Waals surface area contributed by atoms with E-state index in [4.69, 9.17) is 0 Å². The van der Waals surface area contributed by atoms with Crippen LogP contribution in [0.1, 0.15) is 32.1 Å². The summed E-state index contributed by atoms with van der Waals surface area (Å²) in [5, 5.41) is 3.66. The number of hydrogen-bond donors (Lipinski definition) is 0. The highest BCUT2D eigenvalue weighted by Gasteiger charge is 2.18. The van der Waals surface area contributed by atoms with Crippen LogP contribution in [0.15, 0.2) is 17.3 Å². The zero-order chi connectivity index (χ0) is 8.65. The van der Waals surface area contributed by atoms with Gasteiger partial charge in [0.15, 0.2) is 0 Å². The Morgan fingerprint density at radius 2 is 2.17 bits per heavy atom. The maximum atomic E-state index is 4.54. The second-order valence-electron chi connectivity index (χ2n) is 3.20. The molecule has 2 nitrogen and oxygen atoms in total. The van der Waals surface area contributed by atoms with Crippen LogP contribution in [0.25, 0.3) is 0 Å². The monoisotopic (exact) mass is 167 g/mol. The number of nitrogens with zero attached hydrogens (tertiary/aromatic N) is 1. The molecule has 68 valence electrons. The SMILES string of the molecule is CON=CCCC=CCC1CC1. The number of allylic oxidation sites excluding steroid dienone is 2. The zero-order valence-corrected chi connectivity index (χ0v) is 7.70. The molecular formula is C10H17NO. The molecule has 1 aliphatic rings. The zero-order valence-electron chi connectivity index (χ0n) is 7.70. The minimum Gasteiger partial charge on any atom is -0.399 e. The predicted octanol–water partition coefficient (Wildman–Crippen LogP) is 2.76. The molecular weight excluding hydrogens is 150 g/mol. The van der Waals surface area contributed by atoms with Crippen molar-refractivity contribution in [1.82, 2.24) is 0 Å². The van der Waals surface area contributed by atoms with Crippen LogP contribution in [0.4, 0.5) is 0 Å². The molecule has 0 aromatic heterocycles. The lowest BCUT2D eigenvalue weighted by Gasteiger charge is -1.87. The van der Waals surface area contributed by atoms with Gasteiger partial charge in [-0.15, -0.1) is 0 Å². The van der Waals surface area contributed by atoms with Crippen LogP contribution >= 0.6 is 0 Å². The summed E-state index contributed by atoms with van der Waals surface area (Å²) in [5.74, 6) is 1.01. The number of oxime groups is 1. The number of rotatable bonds is 6. The lowest BCUT2D eigenvalue weighted by atomic mass is 10.2. The topological polar surface area (TPSA) is 21.6 Å². The van der Waals surface area contributed by atoms with Gasteiger partial charge >= 0.3 is 0 Å². The molecule has 0 unspecified atom stereocenters. The van der Waals surface area contributed by atoms with Crippen LogP contribution in [-0.4, -0.2) is 13.3 Å². The quantitative estimate of drug-likeness (QED) is 0.258. The molecule has 1 aliphatic carbocycles. The molecule has 1 saturated carbocycles. The summed E-state index contributed by atoms with van der Waals surface area (Å²) in [6, 6.07) is 0. The molecule has 0 atom stereocenters. The van der Waals surface area contributed by atoms with Gasteiger partial charge in [-0.25, -0.2) is 0 Å². The molecule has 0 aromatic rings. The van der Waals surface area contributed by atoms with Gasteiger partial charge in [0.05, 0.1) is 0 Å². The fourth-order valence-corrected chi connectivity index (χ4v) is 1.06. The van der Waals surface area contributed by atoms with E-state index < -0.39 is 0 Å². The largest absolute Gasteiger partial charge is 0.399 e. The van der Waals surface area contributed by atoms with Gasteiger partial charge in [-0.2, -0.15) is 0 Å². The average molecular weight is 167 g/mol. The summed E-state index contributed by atoms with van der Waals surface area (Å²) < 4.78 is 0. The first kappa shape index (κ1) is 9.30. The smallest absolute Gasteiger partial charge is 0.106 e. The Morgan fingerprint density at radius 1 is 1.33 bits per heavy atom. The molecule has 0 spiro atoms. The third-order valence-electron chi connectivity index (χ3n) is 1.98. The van der Waals surface area contributed by atoms with Crippen molar-refractivity contribution in [3.63, 3.8) is 0 Å². The fraction of sp³-hybridized carbons (Fsp3) is 0.700. The highest BCUT2D eigenvalue weighted by atomic mass is 16.6. The summed E-state index contributed by atoms with van der Waals surface area (Å²) in [5.41, 5.74) is 0. The van der Waals surface area contributed by atoms with Gasteiger partial charge in [-0.3, -0.25) is 0 Å². The molecule has 1 fully saturated rings. The summed E-state index contributed by atoms with van der Waals surface area (Å²) >= 11 is 0.